The third kappa shape index (κ3) is 3.52. The van der Waals surface area contributed by atoms with Gasteiger partial charge in [0.05, 0.1) is 12.1 Å². The molecule has 3 rings (SSSR count). The van der Waals surface area contributed by atoms with Gasteiger partial charge in [0.2, 0.25) is 5.91 Å². The van der Waals surface area contributed by atoms with Crippen LogP contribution in [0.3, 0.4) is 0 Å². The highest BCUT2D eigenvalue weighted by atomic mass is 16.1. The molecule has 0 saturated heterocycles. The number of aryl methyl sites for hydroxylation is 1. The van der Waals surface area contributed by atoms with Gasteiger partial charge in [-0.05, 0) is 24.1 Å². The normalized spacial score (nSPS) is 10.8. The van der Waals surface area contributed by atoms with Gasteiger partial charge in [0.25, 0.3) is 0 Å². The zero-order valence-corrected chi connectivity index (χ0v) is 12.6. The van der Waals surface area contributed by atoms with E-state index in [4.69, 9.17) is 0 Å². The summed E-state index contributed by atoms with van der Waals surface area (Å²) in [6.45, 7) is 2.66. The number of hydrogen-bond donors (Lipinski definition) is 1. The van der Waals surface area contributed by atoms with Crippen molar-refractivity contribution in [3.63, 3.8) is 0 Å². The first kappa shape index (κ1) is 14.3. The summed E-state index contributed by atoms with van der Waals surface area (Å²) in [6.07, 6.45) is 5.23. The Labute approximate surface area is 129 Å². The van der Waals surface area contributed by atoms with Crippen LogP contribution >= 0.6 is 0 Å². The van der Waals surface area contributed by atoms with E-state index in [0.29, 0.717) is 13.0 Å². The summed E-state index contributed by atoms with van der Waals surface area (Å²) < 4.78 is 2.02. The third-order valence-corrected chi connectivity index (χ3v) is 3.56. The lowest BCUT2D eigenvalue weighted by atomic mass is 10.1. The average Bonchev–Trinajstić information content (AvgIpc) is 2.90. The van der Waals surface area contributed by atoms with Gasteiger partial charge in [-0.2, -0.15) is 0 Å². The predicted molar refractivity (Wildman–Crippen MR) is 86.8 cm³/mol. The van der Waals surface area contributed by atoms with Crippen molar-refractivity contribution in [2.45, 2.75) is 19.8 Å². The minimum Gasteiger partial charge on any atom is -0.355 e. The van der Waals surface area contributed by atoms with Crippen molar-refractivity contribution in [2.75, 3.05) is 6.54 Å². The molecule has 4 heteroatoms. The number of amides is 1. The van der Waals surface area contributed by atoms with E-state index < -0.39 is 0 Å². The molecule has 0 aliphatic rings. The second kappa shape index (κ2) is 6.43. The molecule has 0 aliphatic carbocycles. The largest absolute Gasteiger partial charge is 0.355 e. The summed E-state index contributed by atoms with van der Waals surface area (Å²) in [4.78, 5) is 16.4. The van der Waals surface area contributed by atoms with Crippen LogP contribution in [0.25, 0.3) is 5.65 Å². The fourth-order valence-electron chi connectivity index (χ4n) is 2.45. The second-order valence-electron chi connectivity index (χ2n) is 5.47. The molecule has 1 N–H and O–H groups in total. The highest BCUT2D eigenvalue weighted by molar-refractivity contribution is 5.78. The van der Waals surface area contributed by atoms with Gasteiger partial charge in [-0.3, -0.25) is 4.79 Å². The third-order valence-electron chi connectivity index (χ3n) is 3.56. The zero-order chi connectivity index (χ0) is 15.4. The molecule has 0 atom stereocenters. The van der Waals surface area contributed by atoms with Crippen molar-refractivity contribution < 1.29 is 4.79 Å². The number of benzene rings is 1. The summed E-state index contributed by atoms with van der Waals surface area (Å²) in [5, 5.41) is 2.95. The Morgan fingerprint density at radius 2 is 1.95 bits per heavy atom. The van der Waals surface area contributed by atoms with Gasteiger partial charge in [0, 0.05) is 25.4 Å². The average molecular weight is 293 g/mol. The number of carbonyl (C=O) groups excluding carboxylic acids is 1. The minimum absolute atomic E-state index is 0.0470. The SMILES string of the molecule is Cc1ccc2nc(CCNC(=O)Cc3ccccc3)cn2c1. The monoisotopic (exact) mass is 293 g/mol. The molecule has 112 valence electrons. The van der Waals surface area contributed by atoms with Crippen LogP contribution < -0.4 is 5.32 Å². The van der Waals surface area contributed by atoms with E-state index in [1.54, 1.807) is 0 Å². The van der Waals surface area contributed by atoms with Crippen LogP contribution in [0.1, 0.15) is 16.8 Å². The van der Waals surface area contributed by atoms with Crippen molar-refractivity contribution in [1.29, 1.82) is 0 Å². The Balaban J connectivity index is 1.52. The summed E-state index contributed by atoms with van der Waals surface area (Å²) in [7, 11) is 0. The van der Waals surface area contributed by atoms with Crippen LogP contribution in [0.5, 0.6) is 0 Å². The first-order chi connectivity index (χ1) is 10.7. The molecule has 1 aromatic carbocycles. The van der Waals surface area contributed by atoms with Crippen molar-refractivity contribution >= 4 is 11.6 Å². The van der Waals surface area contributed by atoms with Crippen LogP contribution in [0.15, 0.2) is 54.9 Å². The number of carbonyl (C=O) groups is 1. The number of pyridine rings is 1. The van der Waals surface area contributed by atoms with E-state index in [1.807, 2.05) is 53.1 Å². The van der Waals surface area contributed by atoms with Gasteiger partial charge >= 0.3 is 0 Å². The molecule has 3 aromatic rings. The predicted octanol–water partition coefficient (Wildman–Crippen LogP) is 2.54. The Hall–Kier alpha value is -2.62. The molecule has 0 spiro atoms. The van der Waals surface area contributed by atoms with E-state index >= 15 is 0 Å². The summed E-state index contributed by atoms with van der Waals surface area (Å²) in [5.41, 5.74) is 4.16. The summed E-state index contributed by atoms with van der Waals surface area (Å²) >= 11 is 0. The number of imidazole rings is 1. The smallest absolute Gasteiger partial charge is 0.224 e. The zero-order valence-electron chi connectivity index (χ0n) is 12.6. The van der Waals surface area contributed by atoms with E-state index in [2.05, 4.69) is 23.4 Å². The van der Waals surface area contributed by atoms with E-state index in [1.165, 1.54) is 5.56 Å². The molecule has 0 radical (unpaired) electrons. The lowest BCUT2D eigenvalue weighted by molar-refractivity contribution is -0.120. The Morgan fingerprint density at radius 1 is 1.14 bits per heavy atom. The molecular formula is C18H19N3O. The maximum atomic E-state index is 11.9. The fourth-order valence-corrected chi connectivity index (χ4v) is 2.45. The van der Waals surface area contributed by atoms with Crippen LogP contribution in [-0.4, -0.2) is 21.8 Å². The molecule has 0 saturated carbocycles. The molecule has 0 bridgehead atoms. The first-order valence-corrected chi connectivity index (χ1v) is 7.45. The first-order valence-electron chi connectivity index (χ1n) is 7.45. The highest BCUT2D eigenvalue weighted by Crippen LogP contribution is 2.07. The van der Waals surface area contributed by atoms with Gasteiger partial charge in [-0.25, -0.2) is 4.98 Å². The summed E-state index contributed by atoms with van der Waals surface area (Å²) in [6, 6.07) is 13.8. The van der Waals surface area contributed by atoms with E-state index in [9.17, 15) is 4.79 Å². The molecule has 22 heavy (non-hydrogen) atoms. The fraction of sp³-hybridized carbons (Fsp3) is 0.222. The number of nitrogens with one attached hydrogen (secondary N) is 1. The number of fused-ring (bicyclic) bond motifs is 1. The maximum Gasteiger partial charge on any atom is 0.224 e. The van der Waals surface area contributed by atoms with Crippen molar-refractivity contribution in [2.24, 2.45) is 0 Å². The molecular weight excluding hydrogens is 274 g/mol. The van der Waals surface area contributed by atoms with Gasteiger partial charge in [0.15, 0.2) is 0 Å². The molecule has 0 aliphatic heterocycles. The van der Waals surface area contributed by atoms with E-state index in [-0.39, 0.29) is 5.91 Å². The molecule has 2 aromatic heterocycles. The second-order valence-corrected chi connectivity index (χ2v) is 5.47. The standard InChI is InChI=1S/C18H19N3O/c1-14-7-8-17-20-16(13-21(17)12-14)9-10-19-18(22)11-15-5-3-2-4-6-15/h2-8,12-13H,9-11H2,1H3,(H,19,22). The Kier molecular flexibility index (Phi) is 4.19. The Bertz CT molecular complexity index is 777. The Morgan fingerprint density at radius 3 is 2.77 bits per heavy atom. The van der Waals surface area contributed by atoms with Crippen LogP contribution in [0.2, 0.25) is 0 Å². The molecule has 4 nitrogen and oxygen atoms in total. The van der Waals surface area contributed by atoms with E-state index in [0.717, 1.165) is 23.3 Å². The minimum atomic E-state index is 0.0470. The number of hydrogen-bond acceptors (Lipinski definition) is 2. The number of aromatic nitrogens is 2. The van der Waals surface area contributed by atoms with Gasteiger partial charge in [0.1, 0.15) is 5.65 Å². The molecule has 1 amide bonds. The number of rotatable bonds is 5. The molecule has 2 heterocycles. The van der Waals surface area contributed by atoms with Crippen molar-refractivity contribution in [3.8, 4) is 0 Å². The van der Waals surface area contributed by atoms with Crippen LogP contribution in [0, 0.1) is 6.92 Å². The lowest BCUT2D eigenvalue weighted by Crippen LogP contribution is -2.27. The quantitative estimate of drug-likeness (QED) is 0.786. The van der Waals surface area contributed by atoms with Gasteiger partial charge < -0.3 is 9.72 Å². The highest BCUT2D eigenvalue weighted by Gasteiger charge is 2.05. The number of nitrogens with zero attached hydrogens (tertiary/aromatic N) is 2. The van der Waals surface area contributed by atoms with Gasteiger partial charge in [-0.1, -0.05) is 36.4 Å². The molecule has 0 fully saturated rings. The maximum absolute atomic E-state index is 11.9. The summed E-state index contributed by atoms with van der Waals surface area (Å²) in [5.74, 6) is 0.0470. The molecule has 0 unspecified atom stereocenters. The lowest BCUT2D eigenvalue weighted by Gasteiger charge is -2.03. The van der Waals surface area contributed by atoms with Crippen LogP contribution in [0.4, 0.5) is 0 Å². The van der Waals surface area contributed by atoms with Crippen molar-refractivity contribution in [1.82, 2.24) is 14.7 Å². The van der Waals surface area contributed by atoms with Crippen molar-refractivity contribution in [3.05, 3.63) is 71.7 Å². The topological polar surface area (TPSA) is 46.4 Å². The van der Waals surface area contributed by atoms with Crippen LogP contribution in [-0.2, 0) is 17.6 Å². The van der Waals surface area contributed by atoms with Gasteiger partial charge in [-0.15, -0.1) is 0 Å².